The van der Waals surface area contributed by atoms with Crippen LogP contribution in [0, 0.1) is 0 Å². The number of amides is 1. The topological polar surface area (TPSA) is 138 Å². The first-order valence-electron chi connectivity index (χ1n) is 11.1. The minimum atomic E-state index is -0.0751. The number of rotatable bonds is 5. The van der Waals surface area contributed by atoms with Crippen molar-refractivity contribution in [2.45, 2.75) is 13.3 Å². The molecule has 0 unspecified atom stereocenters. The molecule has 6 heterocycles. The fourth-order valence-corrected chi connectivity index (χ4v) is 3.89. The van der Waals surface area contributed by atoms with Crippen molar-refractivity contribution in [2.75, 3.05) is 5.32 Å². The van der Waals surface area contributed by atoms with Gasteiger partial charge in [-0.25, -0.2) is 4.98 Å². The molecule has 35 heavy (non-hydrogen) atoms. The highest BCUT2D eigenvalue weighted by molar-refractivity contribution is 5.97. The summed E-state index contributed by atoms with van der Waals surface area (Å²) in [5, 5.41) is 11.2. The van der Waals surface area contributed by atoms with Gasteiger partial charge >= 0.3 is 0 Å². The van der Waals surface area contributed by atoms with Gasteiger partial charge in [0.15, 0.2) is 5.82 Å². The summed E-state index contributed by atoms with van der Waals surface area (Å²) in [5.74, 6) is 0.532. The van der Waals surface area contributed by atoms with Crippen molar-refractivity contribution in [2.24, 2.45) is 0 Å². The van der Waals surface area contributed by atoms with E-state index in [4.69, 9.17) is 4.98 Å². The van der Waals surface area contributed by atoms with Crippen LogP contribution in [-0.2, 0) is 4.79 Å². The highest BCUT2D eigenvalue weighted by Crippen LogP contribution is 2.31. The molecular weight excluding hydrogens is 442 g/mol. The van der Waals surface area contributed by atoms with Crippen LogP contribution in [0.1, 0.15) is 13.3 Å². The van der Waals surface area contributed by atoms with Crippen molar-refractivity contribution in [1.29, 1.82) is 0 Å². The number of aromatic amines is 2. The molecule has 0 fully saturated rings. The van der Waals surface area contributed by atoms with E-state index in [1.54, 1.807) is 37.9 Å². The number of hydrogen-bond acceptors (Lipinski definition) is 7. The lowest BCUT2D eigenvalue weighted by molar-refractivity contribution is -0.115. The largest absolute Gasteiger partial charge is 0.336 e. The predicted molar refractivity (Wildman–Crippen MR) is 132 cm³/mol. The van der Waals surface area contributed by atoms with Gasteiger partial charge in [-0.2, -0.15) is 5.10 Å². The third kappa shape index (κ3) is 3.76. The van der Waals surface area contributed by atoms with Crippen molar-refractivity contribution in [1.82, 2.24) is 40.1 Å². The van der Waals surface area contributed by atoms with Gasteiger partial charge in [-0.05, 0) is 30.3 Å². The van der Waals surface area contributed by atoms with Gasteiger partial charge in [-0.3, -0.25) is 29.8 Å². The molecule has 10 heteroatoms. The van der Waals surface area contributed by atoms with Crippen LogP contribution in [0.3, 0.4) is 0 Å². The third-order valence-corrected chi connectivity index (χ3v) is 5.62. The summed E-state index contributed by atoms with van der Waals surface area (Å²) in [4.78, 5) is 37.7. The molecule has 10 nitrogen and oxygen atoms in total. The van der Waals surface area contributed by atoms with Gasteiger partial charge in [0, 0.05) is 36.0 Å². The Morgan fingerprint density at radius 3 is 2.74 bits per heavy atom. The lowest BCUT2D eigenvalue weighted by Gasteiger charge is -2.06. The summed E-state index contributed by atoms with van der Waals surface area (Å²) in [6, 6.07) is 11.3. The Bertz CT molecular complexity index is 1690. The van der Waals surface area contributed by atoms with Gasteiger partial charge in [-0.1, -0.05) is 13.0 Å². The molecule has 3 N–H and O–H groups in total. The van der Waals surface area contributed by atoms with E-state index in [1.807, 2.05) is 36.4 Å². The summed E-state index contributed by atoms with van der Waals surface area (Å²) in [5.41, 5.74) is 6.54. The van der Waals surface area contributed by atoms with Crippen molar-refractivity contribution in [3.63, 3.8) is 0 Å². The van der Waals surface area contributed by atoms with Gasteiger partial charge < -0.3 is 10.3 Å². The molecule has 0 saturated heterocycles. The van der Waals surface area contributed by atoms with E-state index >= 15 is 0 Å². The van der Waals surface area contributed by atoms with E-state index in [9.17, 15) is 4.79 Å². The van der Waals surface area contributed by atoms with Gasteiger partial charge in [0.05, 0.1) is 40.5 Å². The van der Waals surface area contributed by atoms with Crippen LogP contribution in [0.2, 0.25) is 0 Å². The molecule has 0 saturated carbocycles. The normalized spacial score (nSPS) is 11.2. The Morgan fingerprint density at radius 2 is 1.89 bits per heavy atom. The number of pyridine rings is 4. The Labute approximate surface area is 198 Å². The zero-order valence-corrected chi connectivity index (χ0v) is 18.6. The number of aromatic nitrogens is 8. The summed E-state index contributed by atoms with van der Waals surface area (Å²) >= 11 is 0. The summed E-state index contributed by atoms with van der Waals surface area (Å²) in [6.45, 7) is 1.80. The van der Waals surface area contributed by atoms with E-state index in [1.165, 1.54) is 0 Å². The highest BCUT2D eigenvalue weighted by Gasteiger charge is 2.17. The molecule has 0 atom stereocenters. The minimum Gasteiger partial charge on any atom is -0.336 e. The van der Waals surface area contributed by atoms with Gasteiger partial charge in [-0.15, -0.1) is 0 Å². The Kier molecular flexibility index (Phi) is 4.95. The molecule has 0 aliphatic carbocycles. The molecule has 6 aromatic heterocycles. The van der Waals surface area contributed by atoms with E-state index in [0.717, 1.165) is 33.2 Å². The van der Waals surface area contributed by atoms with Gasteiger partial charge in [0.1, 0.15) is 16.9 Å². The molecule has 170 valence electrons. The van der Waals surface area contributed by atoms with Crippen molar-refractivity contribution in [3.8, 4) is 34.2 Å². The molecule has 0 aliphatic heterocycles. The summed E-state index contributed by atoms with van der Waals surface area (Å²) in [7, 11) is 0. The van der Waals surface area contributed by atoms with Crippen LogP contribution < -0.4 is 5.32 Å². The van der Waals surface area contributed by atoms with Crippen molar-refractivity contribution in [3.05, 3.63) is 67.4 Å². The fraction of sp³-hybridized carbons (Fsp3) is 0.0800. The molecule has 6 rings (SSSR count). The van der Waals surface area contributed by atoms with Crippen LogP contribution in [0.15, 0.2) is 67.4 Å². The predicted octanol–water partition coefficient (Wildman–Crippen LogP) is 4.37. The van der Waals surface area contributed by atoms with Crippen LogP contribution in [0.25, 0.3) is 56.1 Å². The molecule has 0 radical (unpaired) electrons. The average molecular weight is 461 g/mol. The van der Waals surface area contributed by atoms with E-state index < -0.39 is 0 Å². The zero-order chi connectivity index (χ0) is 23.8. The molecule has 1 amide bonds. The number of H-pyrrole nitrogens is 2. The molecule has 0 spiro atoms. The molecule has 0 bridgehead atoms. The third-order valence-electron chi connectivity index (χ3n) is 5.62. The smallest absolute Gasteiger partial charge is 0.224 e. The monoisotopic (exact) mass is 461 g/mol. The molecule has 6 aromatic rings. The first kappa shape index (κ1) is 20.6. The maximum Gasteiger partial charge on any atom is 0.224 e. The second-order valence-corrected chi connectivity index (χ2v) is 7.91. The zero-order valence-electron chi connectivity index (χ0n) is 18.6. The van der Waals surface area contributed by atoms with Crippen LogP contribution in [-0.4, -0.2) is 46.0 Å². The van der Waals surface area contributed by atoms with Crippen LogP contribution in [0.4, 0.5) is 5.69 Å². The number of nitrogens with one attached hydrogen (secondary N) is 3. The van der Waals surface area contributed by atoms with Crippen LogP contribution in [0.5, 0.6) is 0 Å². The lowest BCUT2D eigenvalue weighted by Crippen LogP contribution is -2.09. The standard InChI is InChI=1S/C25H19N9O/c1-2-21(35)30-15-9-14(11-26-12-15)19-10-16-20(13-29-19)33-34-22(16)25-31-18-6-8-28-23(24(18)32-25)17-5-3-4-7-27-17/h3-13H,2H2,1H3,(H,30,35)(H,31,32)(H,33,34). The van der Waals surface area contributed by atoms with Crippen molar-refractivity contribution >= 4 is 33.5 Å². The molecule has 0 aromatic carbocycles. The molecule has 0 aliphatic rings. The van der Waals surface area contributed by atoms with Gasteiger partial charge in [0.2, 0.25) is 5.91 Å². The van der Waals surface area contributed by atoms with E-state index in [-0.39, 0.29) is 5.91 Å². The first-order chi connectivity index (χ1) is 17.2. The Hall–Kier alpha value is -4.99. The average Bonchev–Trinajstić information content (AvgIpc) is 3.53. The molecular formula is C25H19N9O. The Morgan fingerprint density at radius 1 is 0.943 bits per heavy atom. The van der Waals surface area contributed by atoms with Crippen molar-refractivity contribution < 1.29 is 4.79 Å². The number of nitrogens with zero attached hydrogens (tertiary/aromatic N) is 6. The summed E-state index contributed by atoms with van der Waals surface area (Å²) < 4.78 is 0. The SMILES string of the molecule is CCC(=O)Nc1cncc(-c2cc3c(-c4nc5c(-c6ccccn6)nccc5[nH]4)n[nH]c3cn2)c1. The van der Waals surface area contributed by atoms with E-state index in [2.05, 4.69) is 40.4 Å². The lowest BCUT2D eigenvalue weighted by atomic mass is 10.1. The first-order valence-corrected chi connectivity index (χ1v) is 11.1. The Balaban J connectivity index is 1.43. The number of hydrogen-bond donors (Lipinski definition) is 3. The fourth-order valence-electron chi connectivity index (χ4n) is 3.89. The number of anilines is 1. The van der Waals surface area contributed by atoms with E-state index in [0.29, 0.717) is 35.0 Å². The minimum absolute atomic E-state index is 0.0751. The van der Waals surface area contributed by atoms with Gasteiger partial charge in [0.25, 0.3) is 0 Å². The number of imidazole rings is 1. The number of carbonyl (C=O) groups excluding carboxylic acids is 1. The second-order valence-electron chi connectivity index (χ2n) is 7.91. The number of carbonyl (C=O) groups is 1. The quantitative estimate of drug-likeness (QED) is 0.346. The maximum atomic E-state index is 11.8. The maximum absolute atomic E-state index is 11.8. The van der Waals surface area contributed by atoms with Crippen LogP contribution >= 0.6 is 0 Å². The second kappa shape index (κ2) is 8.41. The highest BCUT2D eigenvalue weighted by atomic mass is 16.1. The summed E-state index contributed by atoms with van der Waals surface area (Å²) in [6.07, 6.45) is 8.90. The number of fused-ring (bicyclic) bond motifs is 2.